The van der Waals surface area contributed by atoms with Gasteiger partial charge in [-0.1, -0.05) is 18.2 Å². The number of hydrogen-bond acceptors (Lipinski definition) is 4. The Bertz CT molecular complexity index is 893. The molecule has 0 amide bonds. The molecule has 6 heteroatoms. The molecule has 22 heavy (non-hydrogen) atoms. The van der Waals surface area contributed by atoms with E-state index in [1.165, 1.54) is 18.2 Å². The van der Waals surface area contributed by atoms with Crippen molar-refractivity contribution in [3.8, 4) is 11.8 Å². The van der Waals surface area contributed by atoms with E-state index in [1.54, 1.807) is 19.1 Å². The average Bonchev–Trinajstić information content (AvgIpc) is 2.46. The molecule has 0 fully saturated rings. The van der Waals surface area contributed by atoms with Gasteiger partial charge in [-0.2, -0.15) is 5.26 Å². The summed E-state index contributed by atoms with van der Waals surface area (Å²) in [7, 11) is 0. The van der Waals surface area contributed by atoms with Crippen LogP contribution in [-0.2, 0) is 0 Å². The molecule has 0 saturated heterocycles. The first-order valence-corrected chi connectivity index (χ1v) is 6.58. The second-order valence-corrected chi connectivity index (χ2v) is 5.01. The number of nitrogens with one attached hydrogen (secondary N) is 1. The monoisotopic (exact) mass is 297 g/mol. The Morgan fingerprint density at radius 1 is 1.41 bits per heavy atom. The number of pyridine rings is 1. The summed E-state index contributed by atoms with van der Waals surface area (Å²) in [5.41, 5.74) is 6.35. The molecule has 0 aliphatic carbocycles. The smallest absolute Gasteiger partial charge is 0.256 e. The Labute approximate surface area is 125 Å². The van der Waals surface area contributed by atoms with Crippen molar-refractivity contribution in [2.75, 3.05) is 0 Å². The van der Waals surface area contributed by atoms with Crippen LogP contribution in [0.25, 0.3) is 0 Å². The van der Waals surface area contributed by atoms with E-state index >= 15 is 0 Å². The summed E-state index contributed by atoms with van der Waals surface area (Å²) in [5, 5.41) is 9.35. The molecule has 1 aliphatic heterocycles. The molecule has 3 N–H and O–H groups in total. The Morgan fingerprint density at radius 2 is 2.14 bits per heavy atom. The van der Waals surface area contributed by atoms with Crippen molar-refractivity contribution in [2.24, 2.45) is 5.73 Å². The number of aryl methyl sites for hydroxylation is 1. The van der Waals surface area contributed by atoms with Crippen LogP contribution in [0.4, 0.5) is 4.39 Å². The molecule has 5 nitrogen and oxygen atoms in total. The Balaban J connectivity index is 2.35. The lowest BCUT2D eigenvalue weighted by atomic mass is 9.84. The van der Waals surface area contributed by atoms with Crippen molar-refractivity contribution in [2.45, 2.75) is 12.8 Å². The predicted octanol–water partition coefficient (Wildman–Crippen LogP) is 2.04. The first-order chi connectivity index (χ1) is 10.5. The average molecular weight is 297 g/mol. The maximum Gasteiger partial charge on any atom is 0.256 e. The fraction of sp³-hybridized carbons (Fsp3) is 0.125. The van der Waals surface area contributed by atoms with Crippen LogP contribution in [0.3, 0.4) is 0 Å². The molecule has 3 rings (SSSR count). The number of nitrogens with zero attached hydrogens (tertiary/aromatic N) is 1. The molecule has 0 bridgehead atoms. The lowest BCUT2D eigenvalue weighted by molar-refractivity contribution is 0.390. The van der Waals surface area contributed by atoms with Gasteiger partial charge in [0.15, 0.2) is 0 Å². The van der Waals surface area contributed by atoms with Gasteiger partial charge in [0, 0.05) is 17.3 Å². The minimum absolute atomic E-state index is 0.0203. The number of hydrogen-bond donors (Lipinski definition) is 2. The van der Waals surface area contributed by atoms with Crippen LogP contribution in [0.1, 0.15) is 22.7 Å². The number of halogens is 1. The second kappa shape index (κ2) is 5.04. The molecule has 0 radical (unpaired) electrons. The van der Waals surface area contributed by atoms with Gasteiger partial charge < -0.3 is 15.5 Å². The van der Waals surface area contributed by atoms with Crippen LogP contribution < -0.4 is 16.0 Å². The largest absolute Gasteiger partial charge is 0.440 e. The van der Waals surface area contributed by atoms with E-state index in [-0.39, 0.29) is 28.3 Å². The summed E-state index contributed by atoms with van der Waals surface area (Å²) >= 11 is 0. The highest BCUT2D eigenvalue weighted by atomic mass is 19.1. The number of H-pyrrole nitrogens is 1. The third kappa shape index (κ3) is 2.04. The van der Waals surface area contributed by atoms with Gasteiger partial charge in [0.1, 0.15) is 23.2 Å². The molecule has 0 spiro atoms. The van der Waals surface area contributed by atoms with Crippen LogP contribution in [0.5, 0.6) is 5.75 Å². The summed E-state index contributed by atoms with van der Waals surface area (Å²) < 4.78 is 19.6. The molecule has 1 aromatic carbocycles. The van der Waals surface area contributed by atoms with Crippen LogP contribution in [-0.4, -0.2) is 4.98 Å². The van der Waals surface area contributed by atoms with Crippen molar-refractivity contribution < 1.29 is 9.13 Å². The normalized spacial score (nSPS) is 16.7. The van der Waals surface area contributed by atoms with E-state index in [4.69, 9.17) is 10.5 Å². The van der Waals surface area contributed by atoms with Gasteiger partial charge in [0.2, 0.25) is 5.88 Å². The van der Waals surface area contributed by atoms with Crippen molar-refractivity contribution in [1.82, 2.24) is 4.98 Å². The van der Waals surface area contributed by atoms with Gasteiger partial charge in [-0.25, -0.2) is 4.39 Å². The lowest BCUT2D eigenvalue weighted by Gasteiger charge is -2.25. The van der Waals surface area contributed by atoms with Gasteiger partial charge in [-0.15, -0.1) is 0 Å². The number of fused-ring (bicyclic) bond motifs is 1. The summed E-state index contributed by atoms with van der Waals surface area (Å²) in [6.45, 7) is 1.70. The highest BCUT2D eigenvalue weighted by Gasteiger charge is 2.34. The SMILES string of the molecule is Cc1cc2c(c(=O)[nH]1)[C@H](c1ccccc1F)C(C#N)=C(N)O2. The third-order valence-electron chi connectivity index (χ3n) is 3.57. The molecule has 0 unspecified atom stereocenters. The van der Waals surface area contributed by atoms with Crippen LogP contribution >= 0.6 is 0 Å². The van der Waals surface area contributed by atoms with E-state index in [0.717, 1.165) is 0 Å². The van der Waals surface area contributed by atoms with Crippen LogP contribution in [0, 0.1) is 24.1 Å². The molecule has 1 aromatic heterocycles. The summed E-state index contributed by atoms with van der Waals surface area (Å²) in [4.78, 5) is 15.0. The first kappa shape index (κ1) is 13.9. The number of allylic oxidation sites excluding steroid dienone is 1. The maximum atomic E-state index is 14.2. The summed E-state index contributed by atoms with van der Waals surface area (Å²) in [6, 6.07) is 9.51. The van der Waals surface area contributed by atoms with E-state index in [9.17, 15) is 14.4 Å². The number of aromatic amines is 1. The number of ether oxygens (including phenoxy) is 1. The first-order valence-electron chi connectivity index (χ1n) is 6.58. The molecule has 2 heterocycles. The Morgan fingerprint density at radius 3 is 2.82 bits per heavy atom. The zero-order chi connectivity index (χ0) is 15.9. The zero-order valence-electron chi connectivity index (χ0n) is 11.7. The number of nitrogens with two attached hydrogens (primary N) is 1. The zero-order valence-corrected chi connectivity index (χ0v) is 11.7. The van der Waals surface area contributed by atoms with Crippen LogP contribution in [0.2, 0.25) is 0 Å². The van der Waals surface area contributed by atoms with Crippen molar-refractivity contribution in [1.29, 1.82) is 5.26 Å². The van der Waals surface area contributed by atoms with E-state index in [0.29, 0.717) is 5.69 Å². The second-order valence-electron chi connectivity index (χ2n) is 5.01. The summed E-state index contributed by atoms with van der Waals surface area (Å²) in [6.07, 6.45) is 0. The van der Waals surface area contributed by atoms with E-state index < -0.39 is 17.3 Å². The third-order valence-corrected chi connectivity index (χ3v) is 3.57. The Hall–Kier alpha value is -3.07. The van der Waals surface area contributed by atoms with Crippen LogP contribution in [0.15, 0.2) is 46.6 Å². The van der Waals surface area contributed by atoms with Gasteiger partial charge in [-0.3, -0.25) is 4.79 Å². The van der Waals surface area contributed by atoms with Gasteiger partial charge in [-0.05, 0) is 13.0 Å². The highest BCUT2D eigenvalue weighted by Crippen LogP contribution is 2.40. The Kier molecular flexibility index (Phi) is 3.18. The molecule has 110 valence electrons. The molecule has 0 saturated carbocycles. The number of aromatic nitrogens is 1. The van der Waals surface area contributed by atoms with Crippen molar-refractivity contribution in [3.63, 3.8) is 0 Å². The van der Waals surface area contributed by atoms with E-state index in [1.807, 2.05) is 6.07 Å². The van der Waals surface area contributed by atoms with Crippen molar-refractivity contribution in [3.05, 3.63) is 74.8 Å². The lowest BCUT2D eigenvalue weighted by Crippen LogP contribution is -2.28. The minimum atomic E-state index is -0.890. The maximum absolute atomic E-state index is 14.2. The molecular formula is C16H12FN3O2. The summed E-state index contributed by atoms with van der Waals surface area (Å²) in [5.74, 6) is -1.28. The molecule has 1 aliphatic rings. The number of nitriles is 1. The standard InChI is InChI=1S/C16H12FN3O2/c1-8-6-12-14(16(21)20-8)13(10(7-18)15(19)22-12)9-4-2-3-5-11(9)17/h2-6,13H,19H2,1H3,(H,20,21)/t13-/m1/s1. The van der Waals surface area contributed by atoms with Gasteiger partial charge in [0.25, 0.3) is 5.56 Å². The molecular weight excluding hydrogens is 285 g/mol. The number of benzene rings is 1. The fourth-order valence-electron chi connectivity index (χ4n) is 2.63. The van der Waals surface area contributed by atoms with E-state index in [2.05, 4.69) is 4.98 Å². The fourth-order valence-corrected chi connectivity index (χ4v) is 2.63. The molecule has 2 aromatic rings. The van der Waals surface area contributed by atoms with Gasteiger partial charge in [0.05, 0.1) is 11.5 Å². The van der Waals surface area contributed by atoms with Crippen molar-refractivity contribution >= 4 is 0 Å². The minimum Gasteiger partial charge on any atom is -0.440 e. The topological polar surface area (TPSA) is 91.9 Å². The quantitative estimate of drug-likeness (QED) is 0.842. The van der Waals surface area contributed by atoms with Gasteiger partial charge >= 0.3 is 0 Å². The predicted molar refractivity (Wildman–Crippen MR) is 77.5 cm³/mol. The number of rotatable bonds is 1. The highest BCUT2D eigenvalue weighted by molar-refractivity contribution is 5.55. The molecule has 1 atom stereocenters.